The fraction of sp³-hybridized carbons (Fsp3) is 0.333. The minimum Gasteiger partial charge on any atom is -0.367 e. The van der Waals surface area contributed by atoms with E-state index in [0.29, 0.717) is 44.4 Å². The van der Waals surface area contributed by atoms with E-state index in [-0.39, 0.29) is 12.5 Å². The number of benzene rings is 1. The fourth-order valence-electron chi connectivity index (χ4n) is 3.62. The molecule has 3 aromatic rings. The number of aromatic nitrogens is 3. The minimum absolute atomic E-state index is 0.0207. The van der Waals surface area contributed by atoms with Crippen LogP contribution >= 0.6 is 0 Å². The number of carbonyl (C=O) groups is 1. The summed E-state index contributed by atoms with van der Waals surface area (Å²) >= 11 is 0. The van der Waals surface area contributed by atoms with Gasteiger partial charge in [-0.15, -0.1) is 0 Å². The molecule has 0 aliphatic carbocycles. The maximum atomic E-state index is 12.5. The Morgan fingerprint density at radius 2 is 1.78 bits per heavy atom. The first-order valence-corrected chi connectivity index (χ1v) is 10.8. The highest BCUT2D eigenvalue weighted by Crippen LogP contribution is 2.20. The zero-order valence-electron chi connectivity index (χ0n) is 18.5. The van der Waals surface area contributed by atoms with Crippen LogP contribution in [0.3, 0.4) is 0 Å². The standard InChI is InChI=1S/C24H28N6O2/c1-18-8-9-25-21(14-18)28-22-15-23(27-19(2)26-22)29-10-12-30(13-11-29)24(31)17-32-16-20-6-4-3-5-7-20/h3-9,14-15H,10-13,16-17H2,1-2H3,(H,25,26,27,28). The zero-order chi connectivity index (χ0) is 22.3. The molecule has 1 aliphatic rings. The Morgan fingerprint density at radius 1 is 1.00 bits per heavy atom. The van der Waals surface area contributed by atoms with Crippen LogP contribution in [0.5, 0.6) is 0 Å². The van der Waals surface area contributed by atoms with E-state index in [9.17, 15) is 4.79 Å². The molecule has 32 heavy (non-hydrogen) atoms. The number of hydrogen-bond donors (Lipinski definition) is 1. The lowest BCUT2D eigenvalue weighted by Gasteiger charge is -2.35. The zero-order valence-corrected chi connectivity index (χ0v) is 18.5. The fourth-order valence-corrected chi connectivity index (χ4v) is 3.62. The predicted molar refractivity (Wildman–Crippen MR) is 124 cm³/mol. The number of aryl methyl sites for hydroxylation is 2. The van der Waals surface area contributed by atoms with Crippen LogP contribution in [0.2, 0.25) is 0 Å². The van der Waals surface area contributed by atoms with E-state index >= 15 is 0 Å². The van der Waals surface area contributed by atoms with Crippen LogP contribution in [0.4, 0.5) is 17.5 Å². The topological polar surface area (TPSA) is 83.5 Å². The van der Waals surface area contributed by atoms with Gasteiger partial charge in [0.05, 0.1) is 6.61 Å². The number of anilines is 3. The summed E-state index contributed by atoms with van der Waals surface area (Å²) in [6, 6.07) is 15.7. The van der Waals surface area contributed by atoms with Crippen molar-refractivity contribution in [1.82, 2.24) is 19.9 Å². The van der Waals surface area contributed by atoms with E-state index in [0.717, 1.165) is 22.8 Å². The molecule has 0 radical (unpaired) electrons. The SMILES string of the molecule is Cc1ccnc(Nc2cc(N3CCN(C(=O)COCc4ccccc4)CC3)nc(C)n2)c1. The monoisotopic (exact) mass is 432 g/mol. The summed E-state index contributed by atoms with van der Waals surface area (Å²) in [5, 5.41) is 3.26. The molecule has 4 rings (SSSR count). The van der Waals surface area contributed by atoms with Crippen molar-refractivity contribution in [2.45, 2.75) is 20.5 Å². The van der Waals surface area contributed by atoms with E-state index in [4.69, 9.17) is 4.74 Å². The Kier molecular flexibility index (Phi) is 6.91. The number of nitrogens with one attached hydrogen (secondary N) is 1. The Bertz CT molecular complexity index is 1050. The minimum atomic E-state index is 0.0207. The first kappa shape index (κ1) is 21.7. The molecular formula is C24H28N6O2. The van der Waals surface area contributed by atoms with Gasteiger partial charge in [0.1, 0.15) is 29.9 Å². The highest BCUT2D eigenvalue weighted by atomic mass is 16.5. The van der Waals surface area contributed by atoms with Crippen molar-refractivity contribution in [3.05, 3.63) is 71.7 Å². The molecule has 2 aromatic heterocycles. The molecule has 8 heteroatoms. The van der Waals surface area contributed by atoms with Crippen molar-refractivity contribution in [3.63, 3.8) is 0 Å². The summed E-state index contributed by atoms with van der Waals surface area (Å²) in [6.45, 7) is 7.14. The average molecular weight is 433 g/mol. The van der Waals surface area contributed by atoms with Gasteiger partial charge in [0, 0.05) is 38.4 Å². The smallest absolute Gasteiger partial charge is 0.248 e. The van der Waals surface area contributed by atoms with Crippen molar-refractivity contribution < 1.29 is 9.53 Å². The highest BCUT2D eigenvalue weighted by molar-refractivity contribution is 5.77. The van der Waals surface area contributed by atoms with Gasteiger partial charge in [-0.3, -0.25) is 4.79 Å². The van der Waals surface area contributed by atoms with Crippen LogP contribution in [0.15, 0.2) is 54.7 Å². The second-order valence-corrected chi connectivity index (χ2v) is 7.85. The van der Waals surface area contributed by atoms with Gasteiger partial charge in [-0.2, -0.15) is 0 Å². The Hall–Kier alpha value is -3.52. The largest absolute Gasteiger partial charge is 0.367 e. The molecule has 0 bridgehead atoms. The van der Waals surface area contributed by atoms with Gasteiger partial charge in [-0.05, 0) is 37.1 Å². The molecule has 1 saturated heterocycles. The van der Waals surface area contributed by atoms with Crippen molar-refractivity contribution in [1.29, 1.82) is 0 Å². The maximum absolute atomic E-state index is 12.5. The van der Waals surface area contributed by atoms with Crippen LogP contribution in [0, 0.1) is 13.8 Å². The Morgan fingerprint density at radius 3 is 2.53 bits per heavy atom. The van der Waals surface area contributed by atoms with Gasteiger partial charge < -0.3 is 19.9 Å². The predicted octanol–water partition coefficient (Wildman–Crippen LogP) is 3.10. The Balaban J connectivity index is 1.30. The molecule has 0 atom stereocenters. The lowest BCUT2D eigenvalue weighted by molar-refractivity contribution is -0.136. The summed E-state index contributed by atoms with van der Waals surface area (Å²) in [6.07, 6.45) is 1.77. The lowest BCUT2D eigenvalue weighted by Crippen LogP contribution is -2.50. The lowest BCUT2D eigenvalue weighted by atomic mass is 10.2. The average Bonchev–Trinajstić information content (AvgIpc) is 2.79. The highest BCUT2D eigenvalue weighted by Gasteiger charge is 2.22. The van der Waals surface area contributed by atoms with Crippen molar-refractivity contribution in [2.24, 2.45) is 0 Å². The summed E-state index contributed by atoms with van der Waals surface area (Å²) in [5.74, 6) is 3.01. The molecule has 0 spiro atoms. The van der Waals surface area contributed by atoms with Crippen LogP contribution in [-0.4, -0.2) is 58.5 Å². The molecule has 1 aliphatic heterocycles. The van der Waals surface area contributed by atoms with E-state index in [1.54, 1.807) is 6.20 Å². The van der Waals surface area contributed by atoms with Gasteiger partial charge in [-0.1, -0.05) is 30.3 Å². The molecule has 1 fully saturated rings. The number of hydrogen-bond acceptors (Lipinski definition) is 7. The molecule has 0 saturated carbocycles. The van der Waals surface area contributed by atoms with Gasteiger partial charge in [0.2, 0.25) is 5.91 Å². The molecule has 1 aromatic carbocycles. The van der Waals surface area contributed by atoms with Crippen LogP contribution < -0.4 is 10.2 Å². The number of amides is 1. The van der Waals surface area contributed by atoms with Gasteiger partial charge in [0.15, 0.2) is 0 Å². The summed E-state index contributed by atoms with van der Waals surface area (Å²) < 4.78 is 5.60. The first-order chi connectivity index (χ1) is 15.6. The summed E-state index contributed by atoms with van der Waals surface area (Å²) in [7, 11) is 0. The number of carbonyl (C=O) groups excluding carboxylic acids is 1. The molecule has 3 heterocycles. The Labute approximate surface area is 188 Å². The molecule has 1 N–H and O–H groups in total. The van der Waals surface area contributed by atoms with E-state index in [1.807, 2.05) is 67.3 Å². The van der Waals surface area contributed by atoms with Crippen LogP contribution in [0.1, 0.15) is 17.0 Å². The van der Waals surface area contributed by atoms with E-state index < -0.39 is 0 Å². The first-order valence-electron chi connectivity index (χ1n) is 10.8. The number of ether oxygens (including phenoxy) is 1. The van der Waals surface area contributed by atoms with Crippen molar-refractivity contribution >= 4 is 23.4 Å². The maximum Gasteiger partial charge on any atom is 0.248 e. The van der Waals surface area contributed by atoms with Gasteiger partial charge in [0.25, 0.3) is 0 Å². The normalized spacial score (nSPS) is 13.8. The van der Waals surface area contributed by atoms with E-state index in [1.165, 1.54) is 0 Å². The van der Waals surface area contributed by atoms with Crippen LogP contribution in [0.25, 0.3) is 0 Å². The second-order valence-electron chi connectivity index (χ2n) is 7.85. The quantitative estimate of drug-likeness (QED) is 0.614. The van der Waals surface area contributed by atoms with Crippen LogP contribution in [-0.2, 0) is 16.1 Å². The number of rotatable bonds is 7. The van der Waals surface area contributed by atoms with Gasteiger partial charge in [-0.25, -0.2) is 15.0 Å². The van der Waals surface area contributed by atoms with Gasteiger partial charge >= 0.3 is 0 Å². The number of nitrogens with zero attached hydrogens (tertiary/aromatic N) is 5. The van der Waals surface area contributed by atoms with Crippen molar-refractivity contribution in [2.75, 3.05) is 43.0 Å². The number of piperazine rings is 1. The molecule has 1 amide bonds. The molecule has 0 unspecified atom stereocenters. The molecule has 166 valence electrons. The number of pyridine rings is 1. The second kappa shape index (κ2) is 10.2. The third-order valence-corrected chi connectivity index (χ3v) is 5.29. The third-order valence-electron chi connectivity index (χ3n) is 5.29. The van der Waals surface area contributed by atoms with E-state index in [2.05, 4.69) is 25.2 Å². The summed E-state index contributed by atoms with van der Waals surface area (Å²) in [4.78, 5) is 30.0. The van der Waals surface area contributed by atoms with Crippen molar-refractivity contribution in [3.8, 4) is 0 Å². The summed E-state index contributed by atoms with van der Waals surface area (Å²) in [5.41, 5.74) is 2.19. The molecule has 8 nitrogen and oxygen atoms in total. The molecular weight excluding hydrogens is 404 g/mol. The third kappa shape index (κ3) is 5.79.